The van der Waals surface area contributed by atoms with Crippen LogP contribution in [-0.2, 0) is 6.54 Å². The zero-order valence-electron chi connectivity index (χ0n) is 13.0. The monoisotopic (exact) mass is 399 g/mol. The highest BCUT2D eigenvalue weighted by atomic mass is 79.9. The van der Waals surface area contributed by atoms with E-state index in [4.69, 9.17) is 4.42 Å². The summed E-state index contributed by atoms with van der Waals surface area (Å²) in [4.78, 5) is 27.9. The van der Waals surface area contributed by atoms with Crippen molar-refractivity contribution in [2.24, 2.45) is 0 Å². The number of furan rings is 1. The van der Waals surface area contributed by atoms with Crippen molar-refractivity contribution in [3.8, 4) is 0 Å². The van der Waals surface area contributed by atoms with Gasteiger partial charge in [0.2, 0.25) is 0 Å². The number of pyridine rings is 1. The average Bonchev–Trinajstić information content (AvgIpc) is 3.08. The van der Waals surface area contributed by atoms with Gasteiger partial charge in [-0.25, -0.2) is 0 Å². The van der Waals surface area contributed by atoms with Crippen LogP contribution in [0.1, 0.15) is 26.5 Å². The molecule has 2 heterocycles. The number of aromatic nitrogens is 1. The number of rotatable bonds is 5. The van der Waals surface area contributed by atoms with Gasteiger partial charge in [0.15, 0.2) is 10.4 Å². The Morgan fingerprint density at radius 2 is 1.84 bits per heavy atom. The highest BCUT2D eigenvalue weighted by Crippen LogP contribution is 2.14. The van der Waals surface area contributed by atoms with Crippen molar-refractivity contribution in [2.75, 3.05) is 5.32 Å². The summed E-state index contributed by atoms with van der Waals surface area (Å²) in [5.41, 5.74) is 2.06. The van der Waals surface area contributed by atoms with Gasteiger partial charge < -0.3 is 15.1 Å². The van der Waals surface area contributed by atoms with Crippen LogP contribution in [0.25, 0.3) is 0 Å². The average molecular weight is 400 g/mol. The Labute approximate surface area is 152 Å². The third-order valence-electron chi connectivity index (χ3n) is 3.39. The number of amides is 2. The number of nitrogens with one attached hydrogen (secondary N) is 2. The first-order valence-corrected chi connectivity index (χ1v) is 8.25. The molecule has 0 spiro atoms. The van der Waals surface area contributed by atoms with Crippen molar-refractivity contribution in [3.63, 3.8) is 0 Å². The minimum Gasteiger partial charge on any atom is -0.444 e. The molecule has 2 aromatic heterocycles. The lowest BCUT2D eigenvalue weighted by Gasteiger charge is -2.07. The molecule has 2 amide bonds. The van der Waals surface area contributed by atoms with E-state index in [1.807, 2.05) is 12.1 Å². The summed E-state index contributed by atoms with van der Waals surface area (Å²) < 4.78 is 5.70. The second-order valence-electron chi connectivity index (χ2n) is 5.18. The zero-order chi connectivity index (χ0) is 17.6. The molecule has 1 aromatic carbocycles. The molecule has 3 rings (SSSR count). The summed E-state index contributed by atoms with van der Waals surface area (Å²) in [5.74, 6) is -0.274. The van der Waals surface area contributed by atoms with Gasteiger partial charge in [0.25, 0.3) is 11.8 Å². The van der Waals surface area contributed by atoms with Crippen LogP contribution in [0.2, 0.25) is 0 Å². The minimum absolute atomic E-state index is 0.224. The van der Waals surface area contributed by atoms with Crippen molar-refractivity contribution >= 4 is 33.4 Å². The Bertz CT molecular complexity index is 876. The quantitative estimate of drug-likeness (QED) is 0.685. The molecule has 0 saturated carbocycles. The molecule has 0 radical (unpaired) electrons. The molecule has 126 valence electrons. The van der Waals surface area contributed by atoms with Crippen molar-refractivity contribution in [1.82, 2.24) is 10.3 Å². The lowest BCUT2D eigenvalue weighted by molar-refractivity contribution is 0.0921. The topological polar surface area (TPSA) is 84.2 Å². The molecule has 25 heavy (non-hydrogen) atoms. The minimum atomic E-state index is -0.292. The maximum absolute atomic E-state index is 12.1. The number of anilines is 1. The lowest BCUT2D eigenvalue weighted by atomic mass is 10.2. The number of hydrogen-bond acceptors (Lipinski definition) is 4. The van der Waals surface area contributed by atoms with Crippen LogP contribution in [0.5, 0.6) is 0 Å². The van der Waals surface area contributed by atoms with Crippen LogP contribution >= 0.6 is 15.9 Å². The Hall–Kier alpha value is -2.93. The Kier molecular flexibility index (Phi) is 5.25. The molecule has 0 fully saturated rings. The standard InChI is InChI=1S/C18H14BrN3O3/c19-16-8-7-15(25-16)18(24)21-10-12-3-5-14(6-4-12)22-17(23)13-2-1-9-20-11-13/h1-9,11H,10H2,(H,21,24)(H,22,23). The number of benzene rings is 1. The maximum atomic E-state index is 12.1. The fraction of sp³-hybridized carbons (Fsp3) is 0.0556. The van der Waals surface area contributed by atoms with Gasteiger partial charge >= 0.3 is 0 Å². The highest BCUT2D eigenvalue weighted by Gasteiger charge is 2.10. The number of hydrogen-bond donors (Lipinski definition) is 2. The molecule has 0 saturated heterocycles. The van der Waals surface area contributed by atoms with Crippen LogP contribution in [0, 0.1) is 0 Å². The van der Waals surface area contributed by atoms with Crippen LogP contribution in [0.4, 0.5) is 5.69 Å². The molecule has 0 unspecified atom stereocenters. The molecule has 0 bridgehead atoms. The summed E-state index contributed by atoms with van der Waals surface area (Å²) in [6.45, 7) is 0.355. The van der Waals surface area contributed by atoms with Crippen LogP contribution < -0.4 is 10.6 Å². The van der Waals surface area contributed by atoms with Gasteiger partial charge in [0.05, 0.1) is 5.56 Å². The van der Waals surface area contributed by atoms with Crippen LogP contribution in [0.3, 0.4) is 0 Å². The van der Waals surface area contributed by atoms with Crippen molar-refractivity contribution in [2.45, 2.75) is 6.54 Å². The van der Waals surface area contributed by atoms with E-state index in [-0.39, 0.29) is 17.6 Å². The predicted molar refractivity (Wildman–Crippen MR) is 96.2 cm³/mol. The van der Waals surface area contributed by atoms with Crippen LogP contribution in [-0.4, -0.2) is 16.8 Å². The number of nitrogens with zero attached hydrogens (tertiary/aromatic N) is 1. The van der Waals surface area contributed by atoms with Gasteiger partial charge in [-0.15, -0.1) is 0 Å². The number of halogens is 1. The summed E-state index contributed by atoms with van der Waals surface area (Å²) in [6, 6.07) is 13.9. The van der Waals surface area contributed by atoms with Gasteiger partial charge in [0, 0.05) is 24.6 Å². The summed E-state index contributed by atoms with van der Waals surface area (Å²) in [7, 11) is 0. The Morgan fingerprint density at radius 1 is 1.04 bits per heavy atom. The maximum Gasteiger partial charge on any atom is 0.287 e. The first-order chi connectivity index (χ1) is 12.1. The second kappa shape index (κ2) is 7.76. The fourth-order valence-electron chi connectivity index (χ4n) is 2.11. The molecule has 0 aliphatic rings. The van der Waals surface area contributed by atoms with Crippen molar-refractivity contribution in [3.05, 3.63) is 82.5 Å². The van der Waals surface area contributed by atoms with E-state index in [2.05, 4.69) is 31.5 Å². The SMILES string of the molecule is O=C(Nc1ccc(CNC(=O)c2ccc(Br)o2)cc1)c1cccnc1. The number of carbonyl (C=O) groups excluding carboxylic acids is 2. The molecule has 2 N–H and O–H groups in total. The largest absolute Gasteiger partial charge is 0.444 e. The van der Waals surface area contributed by atoms with Gasteiger partial charge in [-0.05, 0) is 57.9 Å². The van der Waals surface area contributed by atoms with E-state index in [0.717, 1.165) is 5.56 Å². The van der Waals surface area contributed by atoms with Gasteiger partial charge in [-0.1, -0.05) is 12.1 Å². The van der Waals surface area contributed by atoms with E-state index in [9.17, 15) is 9.59 Å². The normalized spacial score (nSPS) is 10.3. The molecule has 6 nitrogen and oxygen atoms in total. The van der Waals surface area contributed by atoms with Crippen LogP contribution in [0.15, 0.2) is 70.0 Å². The van der Waals surface area contributed by atoms with E-state index in [1.54, 1.807) is 42.6 Å². The Balaban J connectivity index is 1.55. The molecular weight excluding hydrogens is 386 g/mol. The molecule has 0 atom stereocenters. The van der Waals surface area contributed by atoms with Gasteiger partial charge in [0.1, 0.15) is 0 Å². The first kappa shape index (κ1) is 16.9. The first-order valence-electron chi connectivity index (χ1n) is 7.46. The van der Waals surface area contributed by atoms with E-state index in [0.29, 0.717) is 22.5 Å². The Morgan fingerprint density at radius 3 is 2.48 bits per heavy atom. The molecule has 7 heteroatoms. The third-order valence-corrected chi connectivity index (χ3v) is 3.81. The summed E-state index contributed by atoms with van der Waals surface area (Å²) in [6.07, 6.45) is 3.12. The van der Waals surface area contributed by atoms with E-state index < -0.39 is 0 Å². The van der Waals surface area contributed by atoms with Crippen molar-refractivity contribution in [1.29, 1.82) is 0 Å². The number of carbonyl (C=O) groups is 2. The smallest absolute Gasteiger partial charge is 0.287 e. The summed E-state index contributed by atoms with van der Waals surface area (Å²) in [5, 5.41) is 5.56. The summed E-state index contributed by atoms with van der Waals surface area (Å²) >= 11 is 3.16. The zero-order valence-corrected chi connectivity index (χ0v) is 14.6. The fourth-order valence-corrected chi connectivity index (χ4v) is 2.42. The highest BCUT2D eigenvalue weighted by molar-refractivity contribution is 9.10. The van der Waals surface area contributed by atoms with Gasteiger partial charge in [-0.3, -0.25) is 14.6 Å². The lowest BCUT2D eigenvalue weighted by Crippen LogP contribution is -2.22. The van der Waals surface area contributed by atoms with E-state index >= 15 is 0 Å². The van der Waals surface area contributed by atoms with Crippen molar-refractivity contribution < 1.29 is 14.0 Å². The van der Waals surface area contributed by atoms with E-state index in [1.165, 1.54) is 6.20 Å². The second-order valence-corrected chi connectivity index (χ2v) is 5.96. The van der Waals surface area contributed by atoms with Gasteiger partial charge in [-0.2, -0.15) is 0 Å². The molecular formula is C18H14BrN3O3. The predicted octanol–water partition coefficient (Wildman–Crippen LogP) is 3.62. The molecule has 3 aromatic rings. The third kappa shape index (κ3) is 4.54. The molecule has 0 aliphatic heterocycles. The molecule has 0 aliphatic carbocycles.